The molecule has 0 atom stereocenters. The van der Waals surface area contributed by atoms with Gasteiger partial charge in [0.1, 0.15) is 0 Å². The van der Waals surface area contributed by atoms with Gasteiger partial charge in [-0.2, -0.15) is 0 Å². The van der Waals surface area contributed by atoms with Crippen molar-refractivity contribution in [3.63, 3.8) is 0 Å². The molecule has 0 unspecified atom stereocenters. The van der Waals surface area contributed by atoms with Crippen molar-refractivity contribution < 1.29 is 8.23 Å². The molecule has 1 fully saturated rings. The third-order valence-corrected chi connectivity index (χ3v) is 12.6. The summed E-state index contributed by atoms with van der Waals surface area (Å²) in [5.74, 6) is 0. The molecule has 0 saturated heterocycles. The lowest BCUT2D eigenvalue weighted by molar-refractivity contribution is 0.389. The maximum atomic E-state index is 6.54. The first-order valence-corrected chi connectivity index (χ1v) is 17.4. The fraction of sp³-hybridized carbons (Fsp3) is 0.867. The quantitative estimate of drug-likeness (QED) is 0.462. The third kappa shape index (κ3) is 7.93. The Morgan fingerprint density at radius 1 is 0.800 bits per heavy atom. The van der Waals surface area contributed by atoms with Gasteiger partial charge in [-0.15, -0.1) is 0 Å². The minimum Gasteiger partial charge on any atom is -0.436 e. The minimum atomic E-state index is -2.06. The molecule has 1 saturated carbocycles. The van der Waals surface area contributed by atoms with Gasteiger partial charge < -0.3 is 8.23 Å². The Bertz CT molecular complexity index is 316. The van der Waals surface area contributed by atoms with Crippen LogP contribution in [-0.4, -0.2) is 25.2 Å². The highest BCUT2D eigenvalue weighted by Gasteiger charge is 2.39. The second-order valence-corrected chi connectivity index (χ2v) is 20.9. The normalized spacial score (nSPS) is 18.2. The zero-order valence-corrected chi connectivity index (χ0v) is 17.6. The van der Waals surface area contributed by atoms with Gasteiger partial charge in [0.15, 0.2) is 16.6 Å². The lowest BCUT2D eigenvalue weighted by Crippen LogP contribution is -2.52. The highest BCUT2D eigenvalue weighted by atomic mass is 28.5. The van der Waals surface area contributed by atoms with Gasteiger partial charge in [0.05, 0.1) is 0 Å². The van der Waals surface area contributed by atoms with Crippen molar-refractivity contribution in [2.75, 3.05) is 0 Å². The summed E-state index contributed by atoms with van der Waals surface area (Å²) in [6.45, 7) is 15.9. The molecule has 1 rings (SSSR count). The Labute approximate surface area is 129 Å². The topological polar surface area (TPSA) is 18.5 Å². The summed E-state index contributed by atoms with van der Waals surface area (Å²) < 4.78 is 13.1. The van der Waals surface area contributed by atoms with Gasteiger partial charge in [-0.05, 0) is 71.5 Å². The van der Waals surface area contributed by atoms with E-state index in [1.807, 2.05) is 0 Å². The number of allylic oxidation sites excluding steroid dienone is 2. The molecule has 0 aliphatic heterocycles. The van der Waals surface area contributed by atoms with Crippen LogP contribution < -0.4 is 0 Å². The van der Waals surface area contributed by atoms with E-state index in [-0.39, 0.29) is 0 Å². The maximum Gasteiger partial charge on any atom is 0.318 e. The lowest BCUT2D eigenvalue weighted by atomic mass is 9.95. The predicted molar refractivity (Wildman–Crippen MR) is 96.5 cm³/mol. The Hall–Kier alpha value is 0.311. The molecule has 0 spiro atoms. The smallest absolute Gasteiger partial charge is 0.318 e. The molecule has 0 aromatic carbocycles. The average molecular weight is 331 g/mol. The second-order valence-electron chi connectivity index (χ2n) is 8.19. The third-order valence-electron chi connectivity index (χ3n) is 3.30. The number of hydrogen-bond donors (Lipinski definition) is 0. The van der Waals surface area contributed by atoms with Gasteiger partial charge in [-0.25, -0.2) is 0 Å². The molecule has 0 aromatic rings. The molecule has 0 N–H and O–H groups in total. The van der Waals surface area contributed by atoms with Crippen LogP contribution in [0.1, 0.15) is 32.1 Å². The van der Waals surface area contributed by atoms with Gasteiger partial charge in [-0.1, -0.05) is 18.1 Å². The van der Waals surface area contributed by atoms with Crippen molar-refractivity contribution in [2.45, 2.75) is 84.0 Å². The molecule has 5 heteroatoms. The minimum absolute atomic E-state index is 1.04. The fourth-order valence-corrected chi connectivity index (χ4v) is 15.2. The van der Waals surface area contributed by atoms with Crippen LogP contribution in [0.2, 0.25) is 51.9 Å². The largest absolute Gasteiger partial charge is 0.436 e. The summed E-state index contributed by atoms with van der Waals surface area (Å²) in [6.07, 6.45) is 9.20. The summed E-state index contributed by atoms with van der Waals surface area (Å²) in [5, 5.41) is 0. The summed E-state index contributed by atoms with van der Waals surface area (Å²) in [4.78, 5) is 0. The van der Waals surface area contributed by atoms with E-state index in [0.29, 0.717) is 0 Å². The van der Waals surface area contributed by atoms with Crippen LogP contribution >= 0.6 is 0 Å². The summed E-state index contributed by atoms with van der Waals surface area (Å²) in [6, 6.07) is 1.04. The van der Waals surface area contributed by atoms with Crippen LogP contribution in [0.5, 0.6) is 0 Å². The molecule has 20 heavy (non-hydrogen) atoms. The molecule has 0 heterocycles. The first-order chi connectivity index (χ1) is 8.99. The number of hydrogen-bond acceptors (Lipinski definition) is 2. The van der Waals surface area contributed by atoms with Gasteiger partial charge in [0.25, 0.3) is 0 Å². The van der Waals surface area contributed by atoms with Crippen LogP contribution in [0, 0.1) is 0 Å². The van der Waals surface area contributed by atoms with Crippen molar-refractivity contribution in [3.8, 4) is 0 Å². The van der Waals surface area contributed by atoms with E-state index in [0.717, 1.165) is 6.04 Å². The Balaban J connectivity index is 2.76. The SMILES string of the molecule is C[Si](C)(C)O[Si](C)(CC=C1CCCCC1)O[Si](C)(C)C. The summed E-state index contributed by atoms with van der Waals surface area (Å²) in [7, 11) is -5.16. The highest BCUT2D eigenvalue weighted by Crippen LogP contribution is 2.28. The van der Waals surface area contributed by atoms with E-state index >= 15 is 0 Å². The van der Waals surface area contributed by atoms with Crippen molar-refractivity contribution in [1.82, 2.24) is 0 Å². The van der Waals surface area contributed by atoms with E-state index in [2.05, 4.69) is 51.9 Å². The first kappa shape index (κ1) is 18.4. The first-order valence-electron chi connectivity index (χ1n) is 8.07. The van der Waals surface area contributed by atoms with Crippen molar-refractivity contribution >= 4 is 25.2 Å². The Morgan fingerprint density at radius 3 is 1.65 bits per heavy atom. The van der Waals surface area contributed by atoms with E-state index < -0.39 is 25.2 Å². The molecule has 0 bridgehead atoms. The highest BCUT2D eigenvalue weighted by molar-refractivity contribution is 6.87. The molecule has 0 aromatic heterocycles. The summed E-state index contributed by atoms with van der Waals surface area (Å²) in [5.41, 5.74) is 1.65. The van der Waals surface area contributed by atoms with E-state index in [9.17, 15) is 0 Å². The second kappa shape index (κ2) is 7.05. The molecule has 1 aliphatic carbocycles. The van der Waals surface area contributed by atoms with Crippen LogP contribution in [0.4, 0.5) is 0 Å². The van der Waals surface area contributed by atoms with Gasteiger partial charge in [0.2, 0.25) is 0 Å². The molecule has 0 radical (unpaired) electrons. The van der Waals surface area contributed by atoms with Crippen LogP contribution in [0.3, 0.4) is 0 Å². The van der Waals surface area contributed by atoms with Crippen molar-refractivity contribution in [1.29, 1.82) is 0 Å². The van der Waals surface area contributed by atoms with Gasteiger partial charge in [0, 0.05) is 6.04 Å². The molecule has 2 nitrogen and oxygen atoms in total. The summed E-state index contributed by atoms with van der Waals surface area (Å²) >= 11 is 0. The monoisotopic (exact) mass is 330 g/mol. The molecule has 0 amide bonds. The van der Waals surface area contributed by atoms with Crippen LogP contribution in [-0.2, 0) is 8.23 Å². The number of rotatable bonds is 6. The van der Waals surface area contributed by atoms with E-state index in [4.69, 9.17) is 8.23 Å². The average Bonchev–Trinajstić information content (AvgIpc) is 2.23. The van der Waals surface area contributed by atoms with E-state index in [1.165, 1.54) is 32.1 Å². The van der Waals surface area contributed by atoms with Crippen LogP contribution in [0.25, 0.3) is 0 Å². The van der Waals surface area contributed by atoms with Crippen molar-refractivity contribution in [2.24, 2.45) is 0 Å². The van der Waals surface area contributed by atoms with Crippen molar-refractivity contribution in [3.05, 3.63) is 11.6 Å². The van der Waals surface area contributed by atoms with Gasteiger partial charge >= 0.3 is 8.56 Å². The molecule has 118 valence electrons. The predicted octanol–water partition coefficient (Wildman–Crippen LogP) is 5.65. The lowest BCUT2D eigenvalue weighted by Gasteiger charge is -2.38. The fourth-order valence-electron chi connectivity index (χ4n) is 2.94. The zero-order valence-electron chi connectivity index (χ0n) is 14.6. The van der Waals surface area contributed by atoms with Gasteiger partial charge in [-0.3, -0.25) is 0 Å². The molecular weight excluding hydrogens is 296 g/mol. The van der Waals surface area contributed by atoms with Crippen LogP contribution in [0.15, 0.2) is 11.6 Å². The molecule has 1 aliphatic rings. The zero-order chi connectivity index (χ0) is 15.4. The molecular formula is C15H34O2Si3. The maximum absolute atomic E-state index is 6.54. The van der Waals surface area contributed by atoms with E-state index in [1.54, 1.807) is 5.57 Å². The Morgan fingerprint density at radius 2 is 1.25 bits per heavy atom. The standard InChI is InChI=1S/C15H34O2Si3/c1-18(2,3)16-20(7,17-19(4,5)6)14-13-15-11-9-8-10-12-15/h13H,8-12,14H2,1-7H3. The Kier molecular flexibility index (Phi) is 6.47.